The maximum Gasteiger partial charge on any atom is 0.0964 e. The van der Waals surface area contributed by atoms with Gasteiger partial charge in [-0.25, -0.2) is 0 Å². The lowest BCUT2D eigenvalue weighted by atomic mass is 10.1. The average molecular weight is 442 g/mol. The van der Waals surface area contributed by atoms with Crippen LogP contribution in [0.1, 0.15) is 0 Å². The van der Waals surface area contributed by atoms with Gasteiger partial charge < -0.3 is 0 Å². The summed E-state index contributed by atoms with van der Waals surface area (Å²) >= 11 is 0. The number of rotatable bonds is 1. The maximum absolute atomic E-state index is 4.35. The van der Waals surface area contributed by atoms with Gasteiger partial charge in [0.2, 0.25) is 0 Å². The van der Waals surface area contributed by atoms with Gasteiger partial charge in [-0.05, 0) is 35.4 Å². The van der Waals surface area contributed by atoms with Crippen LogP contribution in [0, 0.1) is 0 Å². The molecule has 0 saturated carbocycles. The van der Waals surface area contributed by atoms with E-state index in [1.54, 1.807) is 24.8 Å². The summed E-state index contributed by atoms with van der Waals surface area (Å²) < 4.78 is 0. The van der Waals surface area contributed by atoms with Crippen LogP contribution in [-0.2, 0) is 0 Å². The van der Waals surface area contributed by atoms with E-state index in [9.17, 15) is 0 Å². The highest BCUT2D eigenvalue weighted by Gasteiger charge is 2.00. The van der Waals surface area contributed by atoms with Crippen LogP contribution < -0.4 is 0 Å². The Hall–Kier alpha value is -4.15. The molecule has 6 rings (SSSR count). The molecule has 0 N–H and O–H groups in total. The quantitative estimate of drug-likeness (QED) is 0.207. The van der Waals surface area contributed by atoms with Gasteiger partial charge in [-0.3, -0.25) is 15.0 Å². The van der Waals surface area contributed by atoms with Crippen LogP contribution in [0.5, 0.6) is 0 Å². The van der Waals surface area contributed by atoms with Gasteiger partial charge in [0.05, 0.1) is 11.0 Å². The highest BCUT2D eigenvalue weighted by atomic mass is 28.1. The molecule has 0 saturated heterocycles. The monoisotopic (exact) mass is 441 g/mol. The smallest absolute Gasteiger partial charge is 0.0964 e. The third kappa shape index (κ3) is 6.66. The average Bonchev–Trinajstić information content (AvgIpc) is 2.91. The Labute approximate surface area is 198 Å². The predicted octanol–water partition coefficient (Wildman–Crippen LogP) is 6.84. The van der Waals surface area contributed by atoms with Crippen molar-refractivity contribution in [2.45, 2.75) is 0 Å². The van der Waals surface area contributed by atoms with Crippen molar-refractivity contribution in [1.29, 1.82) is 0 Å². The highest BCUT2D eigenvalue weighted by molar-refractivity contribution is 6.02. The molecule has 0 aliphatic rings. The molecule has 4 heteroatoms. The van der Waals surface area contributed by atoms with E-state index in [1.807, 2.05) is 42.5 Å². The highest BCUT2D eigenvalue weighted by Crippen LogP contribution is 2.20. The minimum absolute atomic E-state index is 0. The number of hydrogen-bond acceptors (Lipinski definition) is 3. The molecular weight excluding hydrogens is 418 g/mol. The first-order valence-electron chi connectivity index (χ1n) is 10.5. The first-order valence-corrected chi connectivity index (χ1v) is 10.5. The Morgan fingerprint density at radius 3 is 1.15 bits per heavy atom. The molecule has 3 aromatic heterocycles. The number of hydrogen-bond donors (Lipinski definition) is 0. The van der Waals surface area contributed by atoms with Crippen molar-refractivity contribution in [3.05, 3.63) is 140 Å². The standard InChI is InChI=1S/C12H8N2.C12H10.C5H5N.Si/c1-3-9-5-6-10-4-2-8-14-12(10)11(9)13-7-1;1-3-7-11(8-4-1)12-9-5-2-6-10-12;1-2-4-6-5-3-1;/h1-8H;1-10H;1-5H;. The van der Waals surface area contributed by atoms with E-state index in [0.29, 0.717) is 0 Å². The number of benzene rings is 3. The molecule has 4 radical (unpaired) electrons. The number of fused-ring (bicyclic) bond motifs is 3. The molecule has 0 amide bonds. The molecule has 0 unspecified atom stereocenters. The van der Waals surface area contributed by atoms with Crippen molar-refractivity contribution in [1.82, 2.24) is 15.0 Å². The van der Waals surface area contributed by atoms with Crippen LogP contribution in [0.3, 0.4) is 0 Å². The van der Waals surface area contributed by atoms with Crippen molar-refractivity contribution < 1.29 is 0 Å². The second-order valence-corrected chi connectivity index (χ2v) is 6.97. The topological polar surface area (TPSA) is 38.7 Å². The fourth-order valence-electron chi connectivity index (χ4n) is 3.25. The Morgan fingerprint density at radius 1 is 0.364 bits per heavy atom. The van der Waals surface area contributed by atoms with E-state index in [2.05, 4.69) is 87.7 Å². The lowest BCUT2D eigenvalue weighted by Gasteiger charge is -2.00. The van der Waals surface area contributed by atoms with Gasteiger partial charge in [-0.1, -0.05) is 91.0 Å². The Bertz CT molecular complexity index is 1240. The molecule has 33 heavy (non-hydrogen) atoms. The summed E-state index contributed by atoms with van der Waals surface area (Å²) in [6.07, 6.45) is 7.10. The summed E-state index contributed by atoms with van der Waals surface area (Å²) in [5, 5.41) is 2.28. The second-order valence-electron chi connectivity index (χ2n) is 6.97. The SMILES string of the molecule is [Si].c1ccc(-c2ccccc2)cc1.c1ccncc1.c1cnc2c(c1)ccc1cccnc12. The summed E-state index contributed by atoms with van der Waals surface area (Å²) in [6.45, 7) is 0. The zero-order valence-corrected chi connectivity index (χ0v) is 19.1. The van der Waals surface area contributed by atoms with Crippen molar-refractivity contribution >= 4 is 32.8 Å². The molecule has 6 aromatic rings. The van der Waals surface area contributed by atoms with Gasteiger partial charge in [0.1, 0.15) is 0 Å². The number of pyridine rings is 3. The van der Waals surface area contributed by atoms with Gasteiger partial charge in [-0.2, -0.15) is 0 Å². The molecule has 0 aliphatic carbocycles. The summed E-state index contributed by atoms with van der Waals surface area (Å²) in [4.78, 5) is 12.5. The predicted molar refractivity (Wildman–Crippen MR) is 139 cm³/mol. The lowest BCUT2D eigenvalue weighted by molar-refractivity contribution is 1.33. The summed E-state index contributed by atoms with van der Waals surface area (Å²) in [6, 6.07) is 38.6. The molecule has 0 aliphatic heterocycles. The van der Waals surface area contributed by atoms with Crippen molar-refractivity contribution in [2.24, 2.45) is 0 Å². The molecule has 0 spiro atoms. The molecule has 158 valence electrons. The van der Waals surface area contributed by atoms with Gasteiger partial charge in [0.25, 0.3) is 0 Å². The van der Waals surface area contributed by atoms with Crippen LogP contribution in [0.2, 0.25) is 0 Å². The van der Waals surface area contributed by atoms with Gasteiger partial charge in [0.15, 0.2) is 0 Å². The Balaban J connectivity index is 0.000000147. The van der Waals surface area contributed by atoms with E-state index >= 15 is 0 Å². The third-order valence-corrected chi connectivity index (χ3v) is 4.79. The maximum atomic E-state index is 4.35. The largest absolute Gasteiger partial charge is 0.265 e. The summed E-state index contributed by atoms with van der Waals surface area (Å²) in [5.74, 6) is 0. The third-order valence-electron chi connectivity index (χ3n) is 4.79. The molecule has 0 bridgehead atoms. The van der Waals surface area contributed by atoms with Crippen LogP contribution in [0.4, 0.5) is 0 Å². The Kier molecular flexibility index (Phi) is 9.01. The first kappa shape index (κ1) is 23.5. The Morgan fingerprint density at radius 2 is 0.788 bits per heavy atom. The van der Waals surface area contributed by atoms with Crippen molar-refractivity contribution in [3.63, 3.8) is 0 Å². The molecule has 0 atom stereocenters. The lowest BCUT2D eigenvalue weighted by Crippen LogP contribution is -1.83. The van der Waals surface area contributed by atoms with Crippen LogP contribution in [-0.4, -0.2) is 25.9 Å². The van der Waals surface area contributed by atoms with E-state index in [-0.39, 0.29) is 11.0 Å². The van der Waals surface area contributed by atoms with Crippen LogP contribution in [0.25, 0.3) is 32.9 Å². The zero-order valence-electron chi connectivity index (χ0n) is 18.1. The molecule has 3 heterocycles. The number of aromatic nitrogens is 3. The summed E-state index contributed by atoms with van der Waals surface area (Å²) in [5.41, 5.74) is 4.51. The summed E-state index contributed by atoms with van der Waals surface area (Å²) in [7, 11) is 0. The van der Waals surface area contributed by atoms with Crippen LogP contribution in [0.15, 0.2) is 140 Å². The van der Waals surface area contributed by atoms with Gasteiger partial charge >= 0.3 is 0 Å². The number of nitrogens with zero attached hydrogens (tertiary/aromatic N) is 3. The molecule has 0 fully saturated rings. The first-order chi connectivity index (χ1) is 15.9. The fourth-order valence-corrected chi connectivity index (χ4v) is 3.25. The molecule has 3 nitrogen and oxygen atoms in total. The minimum Gasteiger partial charge on any atom is -0.265 e. The van der Waals surface area contributed by atoms with Crippen molar-refractivity contribution in [2.75, 3.05) is 0 Å². The molecular formula is C29H23N3Si. The second kappa shape index (κ2) is 12.6. The van der Waals surface area contributed by atoms with E-state index in [1.165, 1.54) is 11.1 Å². The van der Waals surface area contributed by atoms with Crippen LogP contribution >= 0.6 is 0 Å². The fraction of sp³-hybridized carbons (Fsp3) is 0. The van der Waals surface area contributed by atoms with E-state index in [0.717, 1.165) is 21.8 Å². The molecule has 3 aromatic carbocycles. The van der Waals surface area contributed by atoms with Gasteiger partial charge in [0, 0.05) is 46.5 Å². The van der Waals surface area contributed by atoms with E-state index < -0.39 is 0 Å². The minimum atomic E-state index is 0. The van der Waals surface area contributed by atoms with E-state index in [4.69, 9.17) is 0 Å². The van der Waals surface area contributed by atoms with Gasteiger partial charge in [-0.15, -0.1) is 0 Å². The van der Waals surface area contributed by atoms with Crippen molar-refractivity contribution in [3.8, 4) is 11.1 Å². The zero-order chi connectivity index (χ0) is 21.8. The normalized spacial score (nSPS) is 9.58.